The van der Waals surface area contributed by atoms with Gasteiger partial charge in [0.1, 0.15) is 30.0 Å². The summed E-state index contributed by atoms with van der Waals surface area (Å²) in [6.07, 6.45) is 3.51. The summed E-state index contributed by atoms with van der Waals surface area (Å²) in [5, 5.41) is 9.36. The summed E-state index contributed by atoms with van der Waals surface area (Å²) in [6.45, 7) is 3.92. The predicted octanol–water partition coefficient (Wildman–Crippen LogP) is 3.41. The maximum Gasteiger partial charge on any atom is 0.133 e. The molecule has 1 fully saturated rings. The van der Waals surface area contributed by atoms with Crippen LogP contribution in [0.4, 0.5) is 0 Å². The van der Waals surface area contributed by atoms with Gasteiger partial charge in [-0.2, -0.15) is 0 Å². The number of aliphatic hydroxyl groups is 1. The number of rotatable bonds is 4. The van der Waals surface area contributed by atoms with E-state index in [1.54, 1.807) is 0 Å². The Bertz CT molecular complexity index is 705. The second-order valence-electron chi connectivity index (χ2n) is 6.82. The highest BCUT2D eigenvalue weighted by Gasteiger charge is 2.21. The number of furan rings is 1. The Hall–Kier alpha value is -1.82. The molecular weight excluding hydrogens is 318 g/mol. The van der Waals surface area contributed by atoms with Crippen molar-refractivity contribution in [3.05, 3.63) is 53.0 Å². The minimum Gasteiger partial charge on any atom is -0.492 e. The molecule has 1 aromatic carbocycles. The highest BCUT2D eigenvalue weighted by Crippen LogP contribution is 2.30. The van der Waals surface area contributed by atoms with Crippen molar-refractivity contribution >= 4 is 0 Å². The summed E-state index contributed by atoms with van der Waals surface area (Å²) in [6, 6.07) is 10.0. The molecule has 2 aliphatic rings. The van der Waals surface area contributed by atoms with Crippen LogP contribution in [0.25, 0.3) is 0 Å². The number of nitrogens with zero attached hydrogens (tertiary/aromatic N) is 1. The third-order valence-electron chi connectivity index (χ3n) is 4.93. The zero-order valence-electron chi connectivity index (χ0n) is 14.4. The van der Waals surface area contributed by atoms with E-state index >= 15 is 0 Å². The minimum absolute atomic E-state index is 0.0518. The summed E-state index contributed by atoms with van der Waals surface area (Å²) < 4.78 is 17.7. The molecule has 2 aliphatic heterocycles. The van der Waals surface area contributed by atoms with E-state index in [9.17, 15) is 5.11 Å². The van der Waals surface area contributed by atoms with Crippen molar-refractivity contribution in [2.75, 3.05) is 19.8 Å². The normalized spacial score (nSPS) is 21.4. The van der Waals surface area contributed by atoms with Gasteiger partial charge in [-0.15, -0.1) is 0 Å². The van der Waals surface area contributed by atoms with Gasteiger partial charge in [-0.05, 0) is 49.1 Å². The fourth-order valence-electron chi connectivity index (χ4n) is 3.57. The van der Waals surface area contributed by atoms with Crippen LogP contribution in [0.3, 0.4) is 0 Å². The second kappa shape index (κ2) is 7.60. The van der Waals surface area contributed by atoms with Gasteiger partial charge < -0.3 is 19.0 Å². The van der Waals surface area contributed by atoms with Gasteiger partial charge in [0.2, 0.25) is 0 Å². The Morgan fingerprint density at radius 3 is 2.92 bits per heavy atom. The molecule has 0 radical (unpaired) electrons. The summed E-state index contributed by atoms with van der Waals surface area (Å²) >= 11 is 0. The molecule has 0 bridgehead atoms. The molecule has 0 unspecified atom stereocenters. The number of hydrogen-bond donors (Lipinski definition) is 1. The number of ether oxygens (including phenoxy) is 2. The summed E-state index contributed by atoms with van der Waals surface area (Å²) in [7, 11) is 0. The maximum atomic E-state index is 9.36. The van der Waals surface area contributed by atoms with Crippen molar-refractivity contribution in [1.82, 2.24) is 4.90 Å². The Labute approximate surface area is 148 Å². The lowest BCUT2D eigenvalue weighted by Gasteiger charge is -2.21. The fourth-order valence-corrected chi connectivity index (χ4v) is 3.57. The molecule has 2 aromatic rings. The molecule has 0 amide bonds. The van der Waals surface area contributed by atoms with E-state index in [1.165, 1.54) is 6.42 Å². The highest BCUT2D eigenvalue weighted by atomic mass is 16.5. The summed E-state index contributed by atoms with van der Waals surface area (Å²) in [5.74, 6) is 2.82. The third-order valence-corrected chi connectivity index (χ3v) is 4.93. The van der Waals surface area contributed by atoms with Crippen LogP contribution in [0, 0.1) is 0 Å². The van der Waals surface area contributed by atoms with Crippen LogP contribution in [0.5, 0.6) is 5.75 Å². The molecular formula is C20H25NO4. The monoisotopic (exact) mass is 343 g/mol. The van der Waals surface area contributed by atoms with Crippen molar-refractivity contribution in [1.29, 1.82) is 0 Å². The van der Waals surface area contributed by atoms with E-state index in [4.69, 9.17) is 13.9 Å². The number of hydrogen-bond acceptors (Lipinski definition) is 5. The van der Waals surface area contributed by atoms with Gasteiger partial charge in [0.05, 0.1) is 13.2 Å². The first-order valence-corrected chi connectivity index (χ1v) is 9.10. The van der Waals surface area contributed by atoms with Crippen LogP contribution >= 0.6 is 0 Å². The van der Waals surface area contributed by atoms with Gasteiger partial charge in [0, 0.05) is 25.3 Å². The average Bonchev–Trinajstić information content (AvgIpc) is 3.02. The lowest BCUT2D eigenvalue weighted by Crippen LogP contribution is -2.25. The van der Waals surface area contributed by atoms with E-state index < -0.39 is 0 Å². The second-order valence-corrected chi connectivity index (χ2v) is 6.82. The average molecular weight is 343 g/mol. The molecule has 5 nitrogen and oxygen atoms in total. The topological polar surface area (TPSA) is 55.1 Å². The smallest absolute Gasteiger partial charge is 0.133 e. The number of aliphatic hydroxyl groups excluding tert-OH is 1. The van der Waals surface area contributed by atoms with E-state index in [1.807, 2.05) is 18.2 Å². The van der Waals surface area contributed by atoms with Gasteiger partial charge in [-0.3, -0.25) is 4.90 Å². The molecule has 1 aromatic heterocycles. The lowest BCUT2D eigenvalue weighted by molar-refractivity contribution is 0.000804. The molecule has 3 heterocycles. The molecule has 25 heavy (non-hydrogen) atoms. The van der Waals surface area contributed by atoms with Crippen molar-refractivity contribution in [2.45, 2.75) is 45.1 Å². The Balaban J connectivity index is 1.44. The standard InChI is InChI=1S/C20H25NO4/c22-14-15-4-6-18-16(11-15)12-21(8-10-24-18)13-17-5-7-20(25-17)19-3-1-2-9-23-19/h4-7,11,19,22H,1-3,8-10,12-14H2/t19-/m0/s1. The molecule has 1 atom stereocenters. The van der Waals surface area contributed by atoms with Gasteiger partial charge in [-0.1, -0.05) is 6.07 Å². The molecule has 1 N–H and O–H groups in total. The van der Waals surface area contributed by atoms with Crippen LogP contribution in [0.15, 0.2) is 34.7 Å². The van der Waals surface area contributed by atoms with E-state index in [0.717, 1.165) is 67.5 Å². The Kier molecular flexibility index (Phi) is 5.06. The first kappa shape index (κ1) is 16.6. The molecule has 0 spiro atoms. The lowest BCUT2D eigenvalue weighted by atomic mass is 10.1. The fraction of sp³-hybridized carbons (Fsp3) is 0.500. The predicted molar refractivity (Wildman–Crippen MR) is 93.2 cm³/mol. The first-order valence-electron chi connectivity index (χ1n) is 9.10. The van der Waals surface area contributed by atoms with Crippen LogP contribution in [0.1, 0.15) is 48.0 Å². The molecule has 5 heteroatoms. The van der Waals surface area contributed by atoms with Crippen molar-refractivity contribution in [3.63, 3.8) is 0 Å². The SMILES string of the molecule is OCc1ccc2c(c1)CN(Cc1ccc([C@@H]3CCCCO3)o1)CCO2. The van der Waals surface area contributed by atoms with Crippen molar-refractivity contribution in [2.24, 2.45) is 0 Å². The van der Waals surface area contributed by atoms with Crippen LogP contribution < -0.4 is 4.74 Å². The molecule has 134 valence electrons. The minimum atomic E-state index is 0.0518. The zero-order valence-corrected chi connectivity index (χ0v) is 14.4. The van der Waals surface area contributed by atoms with E-state index in [2.05, 4.69) is 17.0 Å². The number of benzene rings is 1. The molecule has 1 saturated heterocycles. The summed E-state index contributed by atoms with van der Waals surface area (Å²) in [5.41, 5.74) is 2.03. The quantitative estimate of drug-likeness (QED) is 0.922. The van der Waals surface area contributed by atoms with Gasteiger partial charge in [-0.25, -0.2) is 0 Å². The first-order chi connectivity index (χ1) is 12.3. The van der Waals surface area contributed by atoms with Crippen LogP contribution in [-0.2, 0) is 24.4 Å². The molecule has 0 saturated carbocycles. The Morgan fingerprint density at radius 2 is 2.08 bits per heavy atom. The maximum absolute atomic E-state index is 9.36. The van der Waals surface area contributed by atoms with Crippen molar-refractivity contribution < 1.29 is 19.0 Å². The van der Waals surface area contributed by atoms with E-state index in [-0.39, 0.29) is 12.7 Å². The molecule has 4 rings (SSSR count). The van der Waals surface area contributed by atoms with Gasteiger partial charge >= 0.3 is 0 Å². The Morgan fingerprint density at radius 1 is 1.12 bits per heavy atom. The zero-order chi connectivity index (χ0) is 17.1. The third kappa shape index (κ3) is 3.89. The van der Waals surface area contributed by atoms with Gasteiger partial charge in [0.25, 0.3) is 0 Å². The summed E-state index contributed by atoms with van der Waals surface area (Å²) in [4.78, 5) is 2.32. The van der Waals surface area contributed by atoms with E-state index in [0.29, 0.717) is 6.61 Å². The largest absolute Gasteiger partial charge is 0.492 e. The highest BCUT2D eigenvalue weighted by molar-refractivity contribution is 5.37. The number of fused-ring (bicyclic) bond motifs is 1. The van der Waals surface area contributed by atoms with Crippen molar-refractivity contribution in [3.8, 4) is 5.75 Å². The molecule has 0 aliphatic carbocycles. The van der Waals surface area contributed by atoms with Crippen LogP contribution in [0.2, 0.25) is 0 Å². The van der Waals surface area contributed by atoms with Crippen LogP contribution in [-0.4, -0.2) is 29.8 Å². The van der Waals surface area contributed by atoms with Gasteiger partial charge in [0.15, 0.2) is 0 Å².